The molecule has 1 saturated heterocycles. The molecule has 1 aromatic carbocycles. The summed E-state index contributed by atoms with van der Waals surface area (Å²) in [4.78, 5) is 23.2. The van der Waals surface area contributed by atoms with Crippen molar-refractivity contribution in [1.82, 2.24) is 16.1 Å². The molecule has 1 aliphatic rings. The summed E-state index contributed by atoms with van der Waals surface area (Å²) < 4.78 is 4.93. The van der Waals surface area contributed by atoms with Crippen LogP contribution in [-0.2, 0) is 9.59 Å². The third-order valence-electron chi connectivity index (χ3n) is 3.13. The average molecular weight is 306 g/mol. The van der Waals surface area contributed by atoms with E-state index in [0.29, 0.717) is 24.4 Å². The SMILES string of the molecule is COc1ccc(C=NNC(=O)CC2NCCNC2=O)cc1O. The molecule has 1 aliphatic heterocycles. The van der Waals surface area contributed by atoms with Gasteiger partial charge in [-0.1, -0.05) is 0 Å². The summed E-state index contributed by atoms with van der Waals surface area (Å²) in [6.07, 6.45) is 1.41. The molecular formula is C14H18N4O4. The van der Waals surface area contributed by atoms with Crippen LogP contribution in [0.15, 0.2) is 23.3 Å². The first-order valence-electron chi connectivity index (χ1n) is 6.80. The van der Waals surface area contributed by atoms with Crippen molar-refractivity contribution in [3.05, 3.63) is 23.8 Å². The fraction of sp³-hybridized carbons (Fsp3) is 0.357. The van der Waals surface area contributed by atoms with Crippen LogP contribution >= 0.6 is 0 Å². The van der Waals surface area contributed by atoms with Crippen molar-refractivity contribution >= 4 is 18.0 Å². The zero-order valence-corrected chi connectivity index (χ0v) is 12.1. The summed E-state index contributed by atoms with van der Waals surface area (Å²) in [5, 5.41) is 19.0. The van der Waals surface area contributed by atoms with E-state index in [2.05, 4.69) is 21.2 Å². The van der Waals surface area contributed by atoms with Gasteiger partial charge in [0.25, 0.3) is 0 Å². The lowest BCUT2D eigenvalue weighted by molar-refractivity contribution is -0.129. The number of carbonyl (C=O) groups is 2. The normalized spacial score (nSPS) is 18.0. The van der Waals surface area contributed by atoms with Crippen LogP contribution in [0, 0.1) is 0 Å². The smallest absolute Gasteiger partial charge is 0.242 e. The van der Waals surface area contributed by atoms with Crippen LogP contribution in [-0.4, -0.2) is 49.4 Å². The van der Waals surface area contributed by atoms with Crippen molar-refractivity contribution in [3.8, 4) is 11.5 Å². The number of benzene rings is 1. The minimum absolute atomic E-state index is 0.0109. The van der Waals surface area contributed by atoms with Gasteiger partial charge in [-0.05, 0) is 23.8 Å². The molecule has 8 heteroatoms. The van der Waals surface area contributed by atoms with E-state index in [1.165, 1.54) is 19.4 Å². The zero-order chi connectivity index (χ0) is 15.9. The van der Waals surface area contributed by atoms with Crippen molar-refractivity contribution in [2.45, 2.75) is 12.5 Å². The Bertz CT molecular complexity index is 588. The van der Waals surface area contributed by atoms with Crippen LogP contribution in [0.2, 0.25) is 0 Å². The highest BCUT2D eigenvalue weighted by Crippen LogP contribution is 2.25. The minimum Gasteiger partial charge on any atom is -0.504 e. The van der Waals surface area contributed by atoms with Gasteiger partial charge in [0, 0.05) is 13.1 Å². The first kappa shape index (κ1) is 15.8. The molecule has 118 valence electrons. The van der Waals surface area contributed by atoms with Crippen LogP contribution in [0.25, 0.3) is 0 Å². The molecule has 0 saturated carbocycles. The quantitative estimate of drug-likeness (QED) is 0.426. The predicted molar refractivity (Wildman–Crippen MR) is 79.8 cm³/mol. The number of ether oxygens (including phenoxy) is 1. The van der Waals surface area contributed by atoms with Gasteiger partial charge in [0.1, 0.15) is 0 Å². The fourth-order valence-corrected chi connectivity index (χ4v) is 2.01. The number of hydrazone groups is 1. The lowest BCUT2D eigenvalue weighted by Crippen LogP contribution is -2.54. The number of nitrogens with zero attached hydrogens (tertiary/aromatic N) is 1. The molecule has 0 spiro atoms. The van der Waals surface area contributed by atoms with Gasteiger partial charge < -0.3 is 20.5 Å². The summed E-state index contributed by atoms with van der Waals surface area (Å²) in [7, 11) is 1.46. The van der Waals surface area contributed by atoms with E-state index in [0.717, 1.165) is 0 Å². The number of aromatic hydroxyl groups is 1. The Morgan fingerprint density at radius 2 is 2.36 bits per heavy atom. The lowest BCUT2D eigenvalue weighted by atomic mass is 10.1. The van der Waals surface area contributed by atoms with Crippen molar-refractivity contribution in [2.75, 3.05) is 20.2 Å². The van der Waals surface area contributed by atoms with E-state index in [1.54, 1.807) is 12.1 Å². The third-order valence-corrected chi connectivity index (χ3v) is 3.13. The van der Waals surface area contributed by atoms with Crippen molar-refractivity contribution in [3.63, 3.8) is 0 Å². The number of hydrogen-bond acceptors (Lipinski definition) is 6. The molecule has 2 rings (SSSR count). The molecule has 8 nitrogen and oxygen atoms in total. The van der Waals surface area contributed by atoms with Crippen LogP contribution in [0.4, 0.5) is 0 Å². The first-order valence-corrected chi connectivity index (χ1v) is 6.80. The number of phenolic OH excluding ortho intramolecular Hbond substituents is 1. The lowest BCUT2D eigenvalue weighted by Gasteiger charge is -2.22. The molecule has 1 aromatic rings. The summed E-state index contributed by atoms with van der Waals surface area (Å²) in [5.41, 5.74) is 2.95. The third kappa shape index (κ3) is 4.19. The van der Waals surface area contributed by atoms with E-state index in [-0.39, 0.29) is 24.0 Å². The highest BCUT2D eigenvalue weighted by Gasteiger charge is 2.23. The standard InChI is InChI=1S/C14H18N4O4/c1-22-12-3-2-9(6-11(12)19)8-17-18-13(20)7-10-14(21)16-5-4-15-10/h2-3,6,8,10,15,19H,4-5,7H2,1H3,(H,16,21)(H,18,20). The Balaban J connectivity index is 1.85. The molecular weight excluding hydrogens is 288 g/mol. The Kier molecular flexibility index (Phi) is 5.31. The summed E-state index contributed by atoms with van der Waals surface area (Å²) in [6, 6.07) is 4.21. The van der Waals surface area contributed by atoms with Gasteiger partial charge in [0.2, 0.25) is 11.8 Å². The van der Waals surface area contributed by atoms with Crippen LogP contribution in [0.5, 0.6) is 11.5 Å². The second-order valence-electron chi connectivity index (χ2n) is 4.73. The maximum absolute atomic E-state index is 11.7. The van der Waals surface area contributed by atoms with Crippen molar-refractivity contribution < 1.29 is 19.4 Å². The van der Waals surface area contributed by atoms with E-state index >= 15 is 0 Å². The summed E-state index contributed by atoms with van der Waals surface area (Å²) >= 11 is 0. The molecule has 1 atom stereocenters. The molecule has 0 bridgehead atoms. The number of methoxy groups -OCH3 is 1. The van der Waals surface area contributed by atoms with E-state index in [1.807, 2.05) is 0 Å². The molecule has 1 unspecified atom stereocenters. The molecule has 0 aromatic heterocycles. The van der Waals surface area contributed by atoms with Crippen molar-refractivity contribution in [2.24, 2.45) is 5.10 Å². The Morgan fingerprint density at radius 1 is 1.55 bits per heavy atom. The van der Waals surface area contributed by atoms with Gasteiger partial charge in [-0.15, -0.1) is 0 Å². The van der Waals surface area contributed by atoms with E-state index in [4.69, 9.17) is 4.74 Å². The number of hydrogen-bond donors (Lipinski definition) is 4. The number of piperazine rings is 1. The highest BCUT2D eigenvalue weighted by atomic mass is 16.5. The maximum Gasteiger partial charge on any atom is 0.242 e. The van der Waals surface area contributed by atoms with Crippen LogP contribution in [0.3, 0.4) is 0 Å². The largest absolute Gasteiger partial charge is 0.504 e. The molecule has 22 heavy (non-hydrogen) atoms. The summed E-state index contributed by atoms with van der Waals surface area (Å²) in [5.74, 6) is -0.217. The fourth-order valence-electron chi connectivity index (χ4n) is 2.01. The Morgan fingerprint density at radius 3 is 3.05 bits per heavy atom. The number of carbonyl (C=O) groups excluding carboxylic acids is 2. The molecule has 2 amide bonds. The van der Waals surface area contributed by atoms with Gasteiger partial charge in [-0.25, -0.2) is 5.43 Å². The molecule has 1 heterocycles. The monoisotopic (exact) mass is 306 g/mol. The average Bonchev–Trinajstić information content (AvgIpc) is 2.50. The van der Waals surface area contributed by atoms with E-state index in [9.17, 15) is 14.7 Å². The van der Waals surface area contributed by atoms with Crippen LogP contribution < -0.4 is 20.8 Å². The Labute approximate surface area is 127 Å². The zero-order valence-electron chi connectivity index (χ0n) is 12.1. The van der Waals surface area contributed by atoms with Gasteiger partial charge in [-0.3, -0.25) is 9.59 Å². The topological polar surface area (TPSA) is 112 Å². The number of phenols is 1. The highest BCUT2D eigenvalue weighted by molar-refractivity contribution is 5.89. The maximum atomic E-state index is 11.7. The predicted octanol–water partition coefficient (Wildman–Crippen LogP) is -0.671. The van der Waals surface area contributed by atoms with Gasteiger partial charge in [0.05, 0.1) is 25.8 Å². The second-order valence-corrected chi connectivity index (χ2v) is 4.73. The van der Waals surface area contributed by atoms with E-state index < -0.39 is 6.04 Å². The van der Waals surface area contributed by atoms with Crippen molar-refractivity contribution in [1.29, 1.82) is 0 Å². The summed E-state index contributed by atoms with van der Waals surface area (Å²) in [6.45, 7) is 1.20. The molecule has 4 N–H and O–H groups in total. The number of nitrogens with one attached hydrogen (secondary N) is 3. The Hall–Kier alpha value is -2.61. The van der Waals surface area contributed by atoms with Gasteiger partial charge >= 0.3 is 0 Å². The second kappa shape index (κ2) is 7.41. The minimum atomic E-state index is -0.533. The van der Waals surface area contributed by atoms with Crippen LogP contribution in [0.1, 0.15) is 12.0 Å². The molecule has 0 radical (unpaired) electrons. The number of rotatable bonds is 5. The van der Waals surface area contributed by atoms with Gasteiger partial charge in [-0.2, -0.15) is 5.10 Å². The molecule has 1 fully saturated rings. The van der Waals surface area contributed by atoms with Gasteiger partial charge in [0.15, 0.2) is 11.5 Å². The first-order chi connectivity index (χ1) is 10.6. The molecule has 0 aliphatic carbocycles. The number of amides is 2.